The topological polar surface area (TPSA) is 120 Å². The maximum atomic E-state index is 13.7. The molecular weight excluding hydrogens is 679 g/mol. The third-order valence-electron chi connectivity index (χ3n) is 8.77. The molecule has 0 saturated carbocycles. The molecule has 0 aliphatic carbocycles. The third kappa shape index (κ3) is 9.68. The van der Waals surface area contributed by atoms with Crippen molar-refractivity contribution in [2.75, 3.05) is 64.2 Å². The number of para-hydroxylation sites is 1. The lowest BCUT2D eigenvalue weighted by Crippen LogP contribution is -2.47. The zero-order chi connectivity index (χ0) is 34.2. The van der Waals surface area contributed by atoms with E-state index in [1.165, 1.54) is 7.11 Å². The number of hydrogen-bond acceptors (Lipinski definition) is 7. The normalized spacial score (nSPS) is 12.9. The Bertz CT molecular complexity index is 1770. The smallest absolute Gasteiger partial charge is 0.258 e. The number of ether oxygens (including phenoxy) is 2. The van der Waals surface area contributed by atoms with Gasteiger partial charge in [-0.25, -0.2) is 4.98 Å². The Kier molecular flexibility index (Phi) is 14.9. The van der Waals surface area contributed by atoms with Crippen molar-refractivity contribution in [2.45, 2.75) is 46.0 Å². The molecule has 1 fully saturated rings. The summed E-state index contributed by atoms with van der Waals surface area (Å²) >= 11 is 0. The predicted octanol–water partition coefficient (Wildman–Crippen LogP) is 6.53. The van der Waals surface area contributed by atoms with Gasteiger partial charge in [-0.2, -0.15) is 0 Å². The van der Waals surface area contributed by atoms with E-state index in [9.17, 15) is 14.4 Å². The van der Waals surface area contributed by atoms with Crippen molar-refractivity contribution in [1.29, 1.82) is 0 Å². The number of rotatable bonds is 13. The SMILES string of the molecule is CCc1nc2c(C(=O)Nc3ccc(C(=O)N(C)c4ccc(C)cc4OCCCCCC(=O)N4CCN(C)CC4)cc3OC)cccc2[nH]1.Cl.Cl. The molecule has 1 aromatic heterocycles. The molecular formula is C37H48Cl2N6O5. The van der Waals surface area contributed by atoms with Crippen molar-refractivity contribution in [3.05, 3.63) is 77.1 Å². The number of nitrogens with one attached hydrogen (secondary N) is 2. The number of unbranched alkanes of at least 4 members (excludes halogenated alkanes) is 2. The van der Waals surface area contributed by atoms with E-state index in [2.05, 4.69) is 27.2 Å². The summed E-state index contributed by atoms with van der Waals surface area (Å²) in [4.78, 5) is 53.1. The van der Waals surface area contributed by atoms with E-state index in [0.29, 0.717) is 52.5 Å². The van der Waals surface area contributed by atoms with Gasteiger partial charge in [-0.05, 0) is 81.3 Å². The summed E-state index contributed by atoms with van der Waals surface area (Å²) in [5.41, 5.74) is 4.34. The molecule has 50 heavy (non-hydrogen) atoms. The molecule has 0 spiro atoms. The third-order valence-corrected chi connectivity index (χ3v) is 8.77. The monoisotopic (exact) mass is 726 g/mol. The molecule has 0 bridgehead atoms. The van der Waals surface area contributed by atoms with Crippen LogP contribution in [-0.4, -0.2) is 91.5 Å². The lowest BCUT2D eigenvalue weighted by Gasteiger charge is -2.32. The average Bonchev–Trinajstić information content (AvgIpc) is 3.53. The van der Waals surface area contributed by atoms with Gasteiger partial charge in [0.2, 0.25) is 5.91 Å². The number of fused-ring (bicyclic) bond motifs is 1. The van der Waals surface area contributed by atoms with Gasteiger partial charge in [-0.15, -0.1) is 24.8 Å². The standard InChI is InChI=1S/C37H46N6O5.2ClH/c1-6-33-38-29-12-10-11-27(35(29)40-33)36(45)39-28-16-15-26(24-31(28)47-5)37(46)42(4)30-17-14-25(2)23-32(30)48-22-9-7-8-13-34(44)43-20-18-41(3)19-21-43;;/h10-12,14-17,23-24H,6-9,13,18-22H2,1-5H3,(H,38,40)(H,39,45);2*1H. The maximum absolute atomic E-state index is 13.7. The van der Waals surface area contributed by atoms with Crippen LogP contribution in [0.2, 0.25) is 0 Å². The highest BCUT2D eigenvalue weighted by molar-refractivity contribution is 6.12. The first kappa shape index (κ1) is 40.1. The molecule has 3 amide bonds. The van der Waals surface area contributed by atoms with Crippen LogP contribution >= 0.6 is 24.8 Å². The number of carbonyl (C=O) groups is 3. The number of anilines is 2. The number of imidazole rings is 1. The fraction of sp³-hybridized carbons (Fsp3) is 0.405. The molecule has 0 unspecified atom stereocenters. The van der Waals surface area contributed by atoms with Crippen molar-refractivity contribution in [1.82, 2.24) is 19.8 Å². The lowest BCUT2D eigenvalue weighted by atomic mass is 10.1. The van der Waals surface area contributed by atoms with Gasteiger partial charge in [0, 0.05) is 51.6 Å². The van der Waals surface area contributed by atoms with Crippen molar-refractivity contribution in [3.8, 4) is 11.5 Å². The van der Waals surface area contributed by atoms with Crippen LogP contribution in [0.4, 0.5) is 11.4 Å². The summed E-state index contributed by atoms with van der Waals surface area (Å²) in [6, 6.07) is 16.1. The maximum Gasteiger partial charge on any atom is 0.258 e. The summed E-state index contributed by atoms with van der Waals surface area (Å²) in [5.74, 6) is 1.44. The number of aromatic nitrogens is 2. The van der Waals surface area contributed by atoms with Gasteiger partial charge >= 0.3 is 0 Å². The van der Waals surface area contributed by atoms with Crippen LogP contribution in [0.25, 0.3) is 11.0 Å². The van der Waals surface area contributed by atoms with Crippen LogP contribution in [0.5, 0.6) is 11.5 Å². The number of aryl methyl sites for hydroxylation is 2. The second-order valence-corrected chi connectivity index (χ2v) is 12.3. The van der Waals surface area contributed by atoms with Crippen molar-refractivity contribution in [2.24, 2.45) is 0 Å². The zero-order valence-electron chi connectivity index (χ0n) is 29.4. The number of aromatic amines is 1. The van der Waals surface area contributed by atoms with Crippen LogP contribution in [0.1, 0.15) is 64.7 Å². The number of benzene rings is 3. The summed E-state index contributed by atoms with van der Waals surface area (Å²) in [6.45, 7) is 7.92. The number of methoxy groups -OCH3 is 1. The Labute approximate surface area is 306 Å². The number of carbonyl (C=O) groups excluding carboxylic acids is 3. The number of hydrogen-bond donors (Lipinski definition) is 2. The molecule has 13 heteroatoms. The molecule has 5 rings (SSSR count). The van der Waals surface area contributed by atoms with E-state index in [4.69, 9.17) is 9.47 Å². The van der Waals surface area contributed by atoms with Gasteiger partial charge < -0.3 is 34.5 Å². The molecule has 1 aliphatic rings. The minimum atomic E-state index is -0.327. The second-order valence-electron chi connectivity index (χ2n) is 12.3. The molecule has 1 saturated heterocycles. The number of H-pyrrole nitrogens is 1. The molecule has 0 radical (unpaired) electrons. The summed E-state index contributed by atoms with van der Waals surface area (Å²) in [5, 5.41) is 2.92. The fourth-order valence-electron chi connectivity index (χ4n) is 5.82. The van der Waals surface area contributed by atoms with E-state index >= 15 is 0 Å². The molecule has 3 aromatic carbocycles. The highest BCUT2D eigenvalue weighted by Gasteiger charge is 2.22. The average molecular weight is 728 g/mol. The first-order valence-electron chi connectivity index (χ1n) is 16.6. The summed E-state index contributed by atoms with van der Waals surface area (Å²) in [7, 11) is 5.29. The van der Waals surface area contributed by atoms with Gasteiger partial charge in [0.05, 0.1) is 36.2 Å². The minimum Gasteiger partial charge on any atom is -0.495 e. The highest BCUT2D eigenvalue weighted by Crippen LogP contribution is 2.32. The lowest BCUT2D eigenvalue weighted by molar-refractivity contribution is -0.132. The van der Waals surface area contributed by atoms with Crippen LogP contribution < -0.4 is 19.7 Å². The first-order valence-corrected chi connectivity index (χ1v) is 16.6. The number of halogens is 2. The number of nitrogens with zero attached hydrogens (tertiary/aromatic N) is 4. The first-order chi connectivity index (χ1) is 23.2. The Morgan fingerprint density at radius 2 is 1.72 bits per heavy atom. The Morgan fingerprint density at radius 3 is 2.44 bits per heavy atom. The van der Waals surface area contributed by atoms with Crippen LogP contribution in [0.15, 0.2) is 54.6 Å². The molecule has 270 valence electrons. The molecule has 1 aliphatic heterocycles. The minimum absolute atomic E-state index is 0. The molecule has 4 aromatic rings. The second kappa shape index (κ2) is 18.6. The summed E-state index contributed by atoms with van der Waals surface area (Å²) < 4.78 is 11.8. The Morgan fingerprint density at radius 1 is 0.960 bits per heavy atom. The predicted molar refractivity (Wildman–Crippen MR) is 203 cm³/mol. The van der Waals surface area contributed by atoms with E-state index in [1.54, 1.807) is 36.2 Å². The van der Waals surface area contributed by atoms with Crippen molar-refractivity contribution >= 4 is 64.9 Å². The van der Waals surface area contributed by atoms with E-state index in [-0.39, 0.29) is 42.5 Å². The van der Waals surface area contributed by atoms with Crippen molar-refractivity contribution in [3.63, 3.8) is 0 Å². The van der Waals surface area contributed by atoms with E-state index in [0.717, 1.165) is 68.8 Å². The Hall–Kier alpha value is -4.32. The highest BCUT2D eigenvalue weighted by atomic mass is 35.5. The van der Waals surface area contributed by atoms with E-state index < -0.39 is 0 Å². The van der Waals surface area contributed by atoms with Crippen molar-refractivity contribution < 1.29 is 23.9 Å². The number of piperazine rings is 1. The fourth-order valence-corrected chi connectivity index (χ4v) is 5.82. The quantitative estimate of drug-likeness (QED) is 0.150. The van der Waals surface area contributed by atoms with Gasteiger partial charge in [-0.3, -0.25) is 14.4 Å². The zero-order valence-corrected chi connectivity index (χ0v) is 31.0. The number of likely N-dealkylation sites (N-methyl/N-ethyl adjacent to an activating group) is 1. The van der Waals surface area contributed by atoms with Gasteiger partial charge in [-0.1, -0.05) is 19.1 Å². The number of amides is 3. The molecule has 2 heterocycles. The Balaban J connectivity index is 0.00000338. The van der Waals surface area contributed by atoms with Gasteiger partial charge in [0.15, 0.2) is 0 Å². The van der Waals surface area contributed by atoms with Crippen LogP contribution in [-0.2, 0) is 11.2 Å². The molecule has 2 N–H and O–H groups in total. The molecule has 11 nitrogen and oxygen atoms in total. The van der Waals surface area contributed by atoms with Crippen LogP contribution in [0, 0.1) is 6.92 Å². The largest absolute Gasteiger partial charge is 0.495 e. The molecule has 0 atom stereocenters. The van der Waals surface area contributed by atoms with Gasteiger partial charge in [0.1, 0.15) is 22.8 Å². The summed E-state index contributed by atoms with van der Waals surface area (Å²) in [6.07, 6.45) is 3.80. The van der Waals surface area contributed by atoms with E-state index in [1.807, 2.05) is 49.1 Å². The van der Waals surface area contributed by atoms with Crippen LogP contribution in [0.3, 0.4) is 0 Å². The van der Waals surface area contributed by atoms with Gasteiger partial charge in [0.25, 0.3) is 11.8 Å².